The summed E-state index contributed by atoms with van der Waals surface area (Å²) in [7, 11) is 1.40. The Morgan fingerprint density at radius 3 is 2.40 bits per heavy atom. The van der Waals surface area contributed by atoms with Gasteiger partial charge < -0.3 is 19.6 Å². The van der Waals surface area contributed by atoms with Crippen LogP contribution >= 0.6 is 0 Å². The van der Waals surface area contributed by atoms with E-state index in [1.807, 2.05) is 6.92 Å². The van der Waals surface area contributed by atoms with Gasteiger partial charge in [0.15, 0.2) is 0 Å². The smallest absolute Gasteiger partial charge is 0.305 e. The molecule has 35 heavy (non-hydrogen) atoms. The first-order valence-corrected chi connectivity index (χ1v) is 13.9. The predicted octanol–water partition coefficient (Wildman–Crippen LogP) is 3.70. The van der Waals surface area contributed by atoms with Crippen LogP contribution in [0.15, 0.2) is 0 Å². The van der Waals surface area contributed by atoms with E-state index in [-0.39, 0.29) is 24.3 Å². The van der Waals surface area contributed by atoms with Crippen LogP contribution in [0.5, 0.6) is 0 Å². The minimum atomic E-state index is -0.831. The summed E-state index contributed by atoms with van der Waals surface area (Å²) in [6.45, 7) is 7.05. The number of ether oxygens (including phenoxy) is 1. The molecule has 2 saturated heterocycles. The first kappa shape index (κ1) is 29.6. The fraction of sp³-hybridized carbons (Fsp3) is 0.889. The second kappa shape index (κ2) is 15.4. The van der Waals surface area contributed by atoms with Crippen molar-refractivity contribution in [1.82, 2.24) is 14.7 Å². The molecular formula is C27H49N3O5. The normalized spacial score (nSPS) is 21.0. The second-order valence-electron chi connectivity index (χ2n) is 10.7. The van der Waals surface area contributed by atoms with Gasteiger partial charge in [0.1, 0.15) is 12.6 Å². The Balaban J connectivity index is 1.94. The SMILES string of the molecule is CCCCCCC(C)(O)CCN1C(=O)CN(CN2CCCC2)C(=O)C1CCCCCCC(=O)OC. The first-order valence-electron chi connectivity index (χ1n) is 13.9. The van der Waals surface area contributed by atoms with Crippen LogP contribution in [0.3, 0.4) is 0 Å². The molecule has 2 unspecified atom stereocenters. The van der Waals surface area contributed by atoms with Crippen LogP contribution in [0.25, 0.3) is 0 Å². The fourth-order valence-corrected chi connectivity index (χ4v) is 5.18. The van der Waals surface area contributed by atoms with Gasteiger partial charge >= 0.3 is 5.97 Å². The zero-order valence-corrected chi connectivity index (χ0v) is 22.4. The number of rotatable bonds is 17. The Hall–Kier alpha value is -1.67. The van der Waals surface area contributed by atoms with Crippen molar-refractivity contribution in [3.05, 3.63) is 0 Å². The van der Waals surface area contributed by atoms with Crippen molar-refractivity contribution in [1.29, 1.82) is 0 Å². The number of aliphatic hydroxyl groups is 1. The molecule has 2 heterocycles. The number of hydrogen-bond acceptors (Lipinski definition) is 6. The topological polar surface area (TPSA) is 90.4 Å². The van der Waals surface area contributed by atoms with Crippen molar-refractivity contribution >= 4 is 17.8 Å². The summed E-state index contributed by atoms with van der Waals surface area (Å²) in [5, 5.41) is 10.9. The van der Waals surface area contributed by atoms with Crippen molar-refractivity contribution in [3.63, 3.8) is 0 Å². The fourth-order valence-electron chi connectivity index (χ4n) is 5.18. The molecule has 0 radical (unpaired) electrons. The van der Waals surface area contributed by atoms with Gasteiger partial charge in [-0.3, -0.25) is 19.3 Å². The third kappa shape index (κ3) is 10.5. The zero-order valence-electron chi connectivity index (χ0n) is 22.4. The molecule has 0 saturated carbocycles. The van der Waals surface area contributed by atoms with Crippen molar-refractivity contribution < 1.29 is 24.2 Å². The highest BCUT2D eigenvalue weighted by Gasteiger charge is 2.40. The highest BCUT2D eigenvalue weighted by Crippen LogP contribution is 2.24. The third-order valence-corrected chi connectivity index (χ3v) is 7.49. The molecule has 8 nitrogen and oxygen atoms in total. The molecule has 2 atom stereocenters. The number of unbranched alkanes of at least 4 members (excludes halogenated alkanes) is 6. The second-order valence-corrected chi connectivity index (χ2v) is 10.7. The van der Waals surface area contributed by atoms with E-state index in [0.717, 1.165) is 77.3 Å². The molecule has 0 aromatic carbocycles. The summed E-state index contributed by atoms with van der Waals surface area (Å²) in [5.74, 6) is -0.168. The van der Waals surface area contributed by atoms with E-state index in [1.165, 1.54) is 13.5 Å². The van der Waals surface area contributed by atoms with Crippen LogP contribution in [-0.4, -0.2) is 89.2 Å². The molecule has 8 heteroatoms. The molecule has 0 aliphatic carbocycles. The Kier molecular flexibility index (Phi) is 13.0. The Bertz CT molecular complexity index is 663. The lowest BCUT2D eigenvalue weighted by Gasteiger charge is -2.42. The lowest BCUT2D eigenvalue weighted by Crippen LogP contribution is -2.61. The number of carbonyl (C=O) groups is 3. The highest BCUT2D eigenvalue weighted by molar-refractivity contribution is 5.94. The molecule has 0 bridgehead atoms. The first-order chi connectivity index (χ1) is 16.8. The Morgan fingerprint density at radius 1 is 1.03 bits per heavy atom. The van der Waals surface area contributed by atoms with E-state index in [2.05, 4.69) is 11.8 Å². The maximum absolute atomic E-state index is 13.5. The molecule has 0 aromatic rings. The predicted molar refractivity (Wildman–Crippen MR) is 137 cm³/mol. The third-order valence-electron chi connectivity index (χ3n) is 7.49. The Morgan fingerprint density at radius 2 is 1.71 bits per heavy atom. The maximum atomic E-state index is 13.5. The van der Waals surface area contributed by atoms with E-state index >= 15 is 0 Å². The van der Waals surface area contributed by atoms with E-state index in [0.29, 0.717) is 32.5 Å². The van der Waals surface area contributed by atoms with Gasteiger partial charge in [0.05, 0.1) is 19.4 Å². The van der Waals surface area contributed by atoms with Gasteiger partial charge in [-0.2, -0.15) is 0 Å². The summed E-state index contributed by atoms with van der Waals surface area (Å²) in [5.41, 5.74) is -0.831. The number of piperazine rings is 1. The molecule has 0 aromatic heterocycles. The van der Waals surface area contributed by atoms with Crippen molar-refractivity contribution in [2.45, 2.75) is 115 Å². The highest BCUT2D eigenvalue weighted by atomic mass is 16.5. The molecule has 2 amide bonds. The van der Waals surface area contributed by atoms with Crippen LogP contribution < -0.4 is 0 Å². The van der Waals surface area contributed by atoms with E-state index in [9.17, 15) is 19.5 Å². The number of carbonyl (C=O) groups excluding carboxylic acids is 3. The number of methoxy groups -OCH3 is 1. The summed E-state index contributed by atoms with van der Waals surface area (Å²) >= 11 is 0. The zero-order chi connectivity index (χ0) is 25.7. The minimum Gasteiger partial charge on any atom is -0.469 e. The quantitative estimate of drug-likeness (QED) is 0.244. The van der Waals surface area contributed by atoms with E-state index in [4.69, 9.17) is 4.74 Å². The number of esters is 1. The molecule has 1 N–H and O–H groups in total. The number of nitrogens with zero attached hydrogens (tertiary/aromatic N) is 3. The number of likely N-dealkylation sites (tertiary alicyclic amines) is 1. The largest absolute Gasteiger partial charge is 0.469 e. The van der Waals surface area contributed by atoms with Crippen LogP contribution in [-0.2, 0) is 19.1 Å². The standard InChI is InChI=1S/C27H49N3O5/c1-4-5-6-11-16-27(2,34)17-20-30-23(14-9-7-8-10-15-25(32)35-3)26(33)29(21-24(30)31)22-28-18-12-13-19-28/h23,34H,4-22H2,1-3H3. The molecule has 2 aliphatic rings. The van der Waals surface area contributed by atoms with Gasteiger partial charge in [0.2, 0.25) is 11.8 Å². The lowest BCUT2D eigenvalue weighted by molar-refractivity contribution is -0.158. The summed E-state index contributed by atoms with van der Waals surface area (Å²) in [6, 6.07) is -0.463. The van der Waals surface area contributed by atoms with Crippen LogP contribution in [0.2, 0.25) is 0 Å². The minimum absolute atomic E-state index is 0.0127. The van der Waals surface area contributed by atoms with Gasteiger partial charge in [-0.05, 0) is 58.5 Å². The Labute approximate surface area is 212 Å². The van der Waals surface area contributed by atoms with Crippen LogP contribution in [0, 0.1) is 0 Å². The monoisotopic (exact) mass is 495 g/mol. The summed E-state index contributed by atoms with van der Waals surface area (Å²) in [6.07, 6.45) is 12.3. The molecule has 2 rings (SSSR count). The van der Waals surface area contributed by atoms with E-state index in [1.54, 1.807) is 9.80 Å². The van der Waals surface area contributed by atoms with Crippen molar-refractivity contribution in [3.8, 4) is 0 Å². The molecular weight excluding hydrogens is 446 g/mol. The average Bonchev–Trinajstić information content (AvgIpc) is 3.34. The van der Waals surface area contributed by atoms with Gasteiger partial charge in [-0.15, -0.1) is 0 Å². The van der Waals surface area contributed by atoms with Gasteiger partial charge in [-0.25, -0.2) is 0 Å². The number of amides is 2. The van der Waals surface area contributed by atoms with Crippen molar-refractivity contribution in [2.24, 2.45) is 0 Å². The maximum Gasteiger partial charge on any atom is 0.305 e. The van der Waals surface area contributed by atoms with Gasteiger partial charge in [-0.1, -0.05) is 51.9 Å². The van der Waals surface area contributed by atoms with E-state index < -0.39 is 11.6 Å². The average molecular weight is 496 g/mol. The molecule has 202 valence electrons. The molecule has 2 aliphatic heterocycles. The van der Waals surface area contributed by atoms with Crippen molar-refractivity contribution in [2.75, 3.05) is 40.0 Å². The lowest BCUT2D eigenvalue weighted by atomic mass is 9.93. The van der Waals surface area contributed by atoms with Gasteiger partial charge in [0.25, 0.3) is 0 Å². The van der Waals surface area contributed by atoms with Crippen LogP contribution in [0.1, 0.15) is 104 Å². The molecule has 2 fully saturated rings. The molecule has 0 spiro atoms. The van der Waals surface area contributed by atoms with Crippen LogP contribution in [0.4, 0.5) is 0 Å². The summed E-state index contributed by atoms with van der Waals surface area (Å²) < 4.78 is 4.69. The number of hydrogen-bond donors (Lipinski definition) is 1. The summed E-state index contributed by atoms with van der Waals surface area (Å²) in [4.78, 5) is 43.7. The van der Waals surface area contributed by atoms with Gasteiger partial charge in [0, 0.05) is 13.0 Å².